The van der Waals surface area contributed by atoms with E-state index in [0.29, 0.717) is 12.1 Å². The fraction of sp³-hybridized carbons (Fsp3) is 1.00. The van der Waals surface area contributed by atoms with Crippen LogP contribution in [0.4, 0.5) is 0 Å². The molecule has 0 aliphatic heterocycles. The summed E-state index contributed by atoms with van der Waals surface area (Å²) in [6.45, 7) is 3.59. The van der Waals surface area contributed by atoms with Gasteiger partial charge in [0.2, 0.25) is 0 Å². The van der Waals surface area contributed by atoms with E-state index in [1.54, 1.807) is 0 Å². The van der Waals surface area contributed by atoms with Gasteiger partial charge in [-0.2, -0.15) is 0 Å². The smallest absolute Gasteiger partial charge is 0.0250 e. The lowest BCUT2D eigenvalue weighted by Gasteiger charge is -2.42. The maximum absolute atomic E-state index is 6.38. The Morgan fingerprint density at radius 3 is 2.11 bits per heavy atom. The summed E-state index contributed by atoms with van der Waals surface area (Å²) in [5, 5.41) is 0. The van der Waals surface area contributed by atoms with Crippen LogP contribution in [0.2, 0.25) is 0 Å². The lowest BCUT2D eigenvalue weighted by atomic mass is 9.88. The third kappa shape index (κ3) is 5.41. The Balaban J connectivity index is 0.00000162. The molecule has 0 spiro atoms. The molecule has 2 fully saturated rings. The van der Waals surface area contributed by atoms with Crippen LogP contribution >= 0.6 is 24.8 Å². The van der Waals surface area contributed by atoms with Gasteiger partial charge in [0.25, 0.3) is 0 Å². The molecule has 0 aromatic heterocycles. The summed E-state index contributed by atoms with van der Waals surface area (Å²) in [5.74, 6) is 0. The van der Waals surface area contributed by atoms with Crippen molar-refractivity contribution >= 4 is 24.8 Å². The molecule has 2 nitrogen and oxygen atoms in total. The molecule has 0 bridgehead atoms. The Bertz CT molecular complexity index is 220. The van der Waals surface area contributed by atoms with E-state index in [1.807, 2.05) is 0 Å². The van der Waals surface area contributed by atoms with E-state index in [-0.39, 0.29) is 24.8 Å². The molecule has 2 aliphatic carbocycles. The molecular formula is C15H32Cl2N2. The predicted molar refractivity (Wildman–Crippen MR) is 88.6 cm³/mol. The summed E-state index contributed by atoms with van der Waals surface area (Å²) < 4.78 is 0. The van der Waals surface area contributed by atoms with Crippen molar-refractivity contribution in [2.75, 3.05) is 6.54 Å². The van der Waals surface area contributed by atoms with Crippen molar-refractivity contribution in [2.45, 2.75) is 89.3 Å². The summed E-state index contributed by atoms with van der Waals surface area (Å²) in [7, 11) is 0. The molecule has 116 valence electrons. The molecule has 0 radical (unpaired) electrons. The number of hydrogen-bond donors (Lipinski definition) is 1. The molecule has 0 unspecified atom stereocenters. The highest BCUT2D eigenvalue weighted by Gasteiger charge is 2.32. The number of halogens is 2. The van der Waals surface area contributed by atoms with Crippen LogP contribution in [-0.2, 0) is 0 Å². The number of hydrogen-bond acceptors (Lipinski definition) is 2. The molecular weight excluding hydrogens is 279 g/mol. The Morgan fingerprint density at radius 1 is 0.947 bits per heavy atom. The van der Waals surface area contributed by atoms with E-state index in [4.69, 9.17) is 5.73 Å². The summed E-state index contributed by atoms with van der Waals surface area (Å²) in [5.41, 5.74) is 6.38. The Morgan fingerprint density at radius 2 is 1.53 bits per heavy atom. The highest BCUT2D eigenvalue weighted by molar-refractivity contribution is 5.85. The molecule has 0 amide bonds. The minimum absolute atomic E-state index is 0. The van der Waals surface area contributed by atoms with Crippen molar-refractivity contribution < 1.29 is 0 Å². The zero-order chi connectivity index (χ0) is 12.1. The van der Waals surface area contributed by atoms with E-state index in [1.165, 1.54) is 70.8 Å². The average Bonchev–Trinajstić information content (AvgIpc) is 2.85. The topological polar surface area (TPSA) is 29.3 Å². The first-order chi connectivity index (χ1) is 8.33. The SMILES string of the molecule is CCCCN(C1CCCC1)[C@@H]1CCCC[C@H]1N.Cl.Cl. The normalized spacial score (nSPS) is 27.9. The second-order valence-corrected chi connectivity index (χ2v) is 6.05. The maximum atomic E-state index is 6.38. The van der Waals surface area contributed by atoms with E-state index >= 15 is 0 Å². The molecule has 2 aliphatic rings. The second-order valence-electron chi connectivity index (χ2n) is 6.05. The van der Waals surface area contributed by atoms with Crippen LogP contribution in [0.1, 0.15) is 71.1 Å². The third-order valence-electron chi connectivity index (χ3n) is 4.77. The van der Waals surface area contributed by atoms with Crippen molar-refractivity contribution in [1.29, 1.82) is 0 Å². The van der Waals surface area contributed by atoms with E-state index in [0.717, 1.165) is 6.04 Å². The highest BCUT2D eigenvalue weighted by Crippen LogP contribution is 2.30. The lowest BCUT2D eigenvalue weighted by molar-refractivity contribution is 0.0898. The number of nitrogens with zero attached hydrogens (tertiary/aromatic N) is 1. The first kappa shape index (κ1) is 19.5. The van der Waals surface area contributed by atoms with Gasteiger partial charge in [-0.15, -0.1) is 24.8 Å². The number of nitrogens with two attached hydrogens (primary N) is 1. The largest absolute Gasteiger partial charge is 0.326 e. The first-order valence-corrected chi connectivity index (χ1v) is 7.84. The van der Waals surface area contributed by atoms with Gasteiger partial charge in [-0.3, -0.25) is 4.90 Å². The van der Waals surface area contributed by atoms with Crippen LogP contribution < -0.4 is 5.73 Å². The minimum atomic E-state index is 0. The number of rotatable bonds is 5. The third-order valence-corrected chi connectivity index (χ3v) is 4.77. The molecule has 0 saturated heterocycles. The average molecular weight is 311 g/mol. The monoisotopic (exact) mass is 310 g/mol. The van der Waals surface area contributed by atoms with Gasteiger partial charge >= 0.3 is 0 Å². The van der Waals surface area contributed by atoms with Crippen LogP contribution in [0.15, 0.2) is 0 Å². The predicted octanol–water partition coefficient (Wildman–Crippen LogP) is 4.14. The van der Waals surface area contributed by atoms with Gasteiger partial charge in [0.1, 0.15) is 0 Å². The van der Waals surface area contributed by atoms with Gasteiger partial charge in [-0.1, -0.05) is 39.0 Å². The fourth-order valence-electron chi connectivity index (χ4n) is 3.75. The van der Waals surface area contributed by atoms with E-state index in [2.05, 4.69) is 11.8 Å². The molecule has 0 heterocycles. The van der Waals surface area contributed by atoms with E-state index in [9.17, 15) is 0 Å². The highest BCUT2D eigenvalue weighted by atomic mass is 35.5. The zero-order valence-corrected chi connectivity index (χ0v) is 14.0. The quantitative estimate of drug-likeness (QED) is 0.826. The van der Waals surface area contributed by atoms with Crippen molar-refractivity contribution in [3.63, 3.8) is 0 Å². The molecule has 4 heteroatoms. The van der Waals surface area contributed by atoms with Crippen LogP contribution in [0.5, 0.6) is 0 Å². The summed E-state index contributed by atoms with van der Waals surface area (Å²) in [6.07, 6.45) is 13.7. The Hall–Kier alpha value is 0.500. The molecule has 0 aromatic rings. The Kier molecular flexibility index (Phi) is 10.5. The van der Waals surface area contributed by atoms with E-state index < -0.39 is 0 Å². The standard InChI is InChI=1S/C15H30N2.2ClH/c1-2-3-12-17(13-8-4-5-9-13)15-11-7-6-10-14(15)16;;/h13-15H,2-12,16H2,1H3;2*1H/t14-,15-;;/m1../s1. The van der Waals surface area contributed by atoms with Gasteiger partial charge in [0.05, 0.1) is 0 Å². The summed E-state index contributed by atoms with van der Waals surface area (Å²) in [6, 6.07) is 2.00. The van der Waals surface area contributed by atoms with Gasteiger partial charge in [-0.25, -0.2) is 0 Å². The first-order valence-electron chi connectivity index (χ1n) is 7.84. The molecule has 19 heavy (non-hydrogen) atoms. The number of unbranched alkanes of at least 4 members (excludes halogenated alkanes) is 1. The summed E-state index contributed by atoms with van der Waals surface area (Å²) in [4.78, 5) is 2.81. The molecule has 2 N–H and O–H groups in total. The minimum Gasteiger partial charge on any atom is -0.326 e. The lowest BCUT2D eigenvalue weighted by Crippen LogP contribution is -2.53. The van der Waals surface area contributed by atoms with Crippen molar-refractivity contribution in [3.8, 4) is 0 Å². The molecule has 2 saturated carbocycles. The van der Waals surface area contributed by atoms with Gasteiger partial charge in [-0.05, 0) is 38.6 Å². The van der Waals surface area contributed by atoms with Gasteiger partial charge in [0.15, 0.2) is 0 Å². The Labute approximate surface area is 131 Å². The van der Waals surface area contributed by atoms with Crippen molar-refractivity contribution in [3.05, 3.63) is 0 Å². The van der Waals surface area contributed by atoms with Crippen molar-refractivity contribution in [2.24, 2.45) is 5.73 Å². The molecule has 2 atom stereocenters. The molecule has 0 aromatic carbocycles. The zero-order valence-electron chi connectivity index (χ0n) is 12.4. The molecule has 2 rings (SSSR count). The van der Waals surface area contributed by atoms with Crippen LogP contribution in [-0.4, -0.2) is 29.6 Å². The van der Waals surface area contributed by atoms with Gasteiger partial charge < -0.3 is 5.73 Å². The van der Waals surface area contributed by atoms with Crippen LogP contribution in [0.25, 0.3) is 0 Å². The van der Waals surface area contributed by atoms with Crippen LogP contribution in [0.3, 0.4) is 0 Å². The fourth-order valence-corrected chi connectivity index (χ4v) is 3.75. The second kappa shape index (κ2) is 10.3. The van der Waals surface area contributed by atoms with Crippen LogP contribution in [0, 0.1) is 0 Å². The maximum Gasteiger partial charge on any atom is 0.0250 e. The van der Waals surface area contributed by atoms with Gasteiger partial charge in [0, 0.05) is 18.1 Å². The van der Waals surface area contributed by atoms with Crippen molar-refractivity contribution in [1.82, 2.24) is 4.90 Å². The summed E-state index contributed by atoms with van der Waals surface area (Å²) >= 11 is 0.